The third-order valence-electron chi connectivity index (χ3n) is 3.79. The molecule has 24 heavy (non-hydrogen) atoms. The first-order valence-corrected chi connectivity index (χ1v) is 9.14. The second kappa shape index (κ2) is 7.42. The van der Waals surface area contributed by atoms with Gasteiger partial charge in [-0.25, -0.2) is 4.98 Å². The first-order valence-electron chi connectivity index (χ1n) is 7.94. The molecule has 0 aliphatic heterocycles. The summed E-state index contributed by atoms with van der Waals surface area (Å²) in [5.74, 6) is 0. The highest BCUT2D eigenvalue weighted by atomic mass is 35.5. The average molecular weight is 363 g/mol. The van der Waals surface area contributed by atoms with E-state index < -0.39 is 0 Å². The summed E-state index contributed by atoms with van der Waals surface area (Å²) in [7, 11) is 0. The normalized spacial score (nSPS) is 11.5. The molecule has 0 amide bonds. The number of benzene rings is 1. The topological polar surface area (TPSA) is 50.5 Å². The zero-order valence-corrected chi connectivity index (χ0v) is 15.3. The number of halogens is 1. The van der Waals surface area contributed by atoms with Crippen LogP contribution in [0.4, 0.5) is 0 Å². The Balaban J connectivity index is 1.81. The van der Waals surface area contributed by atoms with Crippen LogP contribution >= 0.6 is 22.9 Å². The second-order valence-electron chi connectivity index (χ2n) is 5.56. The van der Waals surface area contributed by atoms with Crippen molar-refractivity contribution in [3.05, 3.63) is 62.0 Å². The standard InChI is InChI=1S/C17H19ClN4OS/c1-3-15-20-22-16(23)9-14(19-17(22)24-15)11-21(4-2)10-12-5-7-13(18)8-6-12/h5-9H,3-4,10-11H2,1-2H3. The third-order valence-corrected chi connectivity index (χ3v) is 5.10. The van der Waals surface area contributed by atoms with Gasteiger partial charge in [0.2, 0.25) is 4.96 Å². The molecule has 0 saturated carbocycles. The molecule has 1 aromatic carbocycles. The summed E-state index contributed by atoms with van der Waals surface area (Å²) in [6.07, 6.45) is 0.806. The highest BCUT2D eigenvalue weighted by Gasteiger charge is 2.11. The Morgan fingerprint density at radius 2 is 1.96 bits per heavy atom. The Hall–Kier alpha value is -1.76. The van der Waals surface area contributed by atoms with Crippen LogP contribution in [0.3, 0.4) is 0 Å². The van der Waals surface area contributed by atoms with E-state index in [4.69, 9.17) is 11.6 Å². The smallest absolute Gasteiger partial charge is 0.275 e. The predicted octanol–water partition coefficient (Wildman–Crippen LogP) is 3.39. The SMILES string of the molecule is CCc1nn2c(=O)cc(CN(CC)Cc3ccc(Cl)cc3)nc2s1. The number of hydrogen-bond donors (Lipinski definition) is 0. The largest absolute Gasteiger partial charge is 0.294 e. The summed E-state index contributed by atoms with van der Waals surface area (Å²) in [4.78, 5) is 19.7. The molecule has 0 unspecified atom stereocenters. The third kappa shape index (κ3) is 3.83. The van der Waals surface area contributed by atoms with Crippen molar-refractivity contribution in [3.8, 4) is 0 Å². The van der Waals surface area contributed by atoms with Crippen molar-refractivity contribution >= 4 is 27.9 Å². The van der Waals surface area contributed by atoms with Gasteiger partial charge in [-0.3, -0.25) is 9.69 Å². The molecular weight excluding hydrogens is 344 g/mol. The van der Waals surface area contributed by atoms with E-state index in [1.807, 2.05) is 31.2 Å². The van der Waals surface area contributed by atoms with E-state index in [0.717, 1.165) is 35.2 Å². The minimum Gasteiger partial charge on any atom is -0.294 e. The lowest BCUT2D eigenvalue weighted by molar-refractivity contribution is 0.268. The molecule has 0 aliphatic rings. The van der Waals surface area contributed by atoms with Crippen molar-refractivity contribution in [1.82, 2.24) is 19.5 Å². The molecule has 0 saturated heterocycles. The quantitative estimate of drug-likeness (QED) is 0.674. The Bertz CT molecular complexity index is 888. The van der Waals surface area contributed by atoms with E-state index in [0.29, 0.717) is 11.5 Å². The van der Waals surface area contributed by atoms with Crippen molar-refractivity contribution in [3.63, 3.8) is 0 Å². The molecule has 0 N–H and O–H groups in total. The Kier molecular flexibility index (Phi) is 5.28. The van der Waals surface area contributed by atoms with Crippen LogP contribution < -0.4 is 5.56 Å². The van der Waals surface area contributed by atoms with E-state index >= 15 is 0 Å². The highest BCUT2D eigenvalue weighted by molar-refractivity contribution is 7.16. The zero-order chi connectivity index (χ0) is 17.1. The molecule has 0 bridgehead atoms. The molecule has 2 aromatic heterocycles. The van der Waals surface area contributed by atoms with Gasteiger partial charge in [0, 0.05) is 24.2 Å². The molecular formula is C17H19ClN4OS. The number of aromatic nitrogens is 3. The molecule has 2 heterocycles. The molecule has 7 heteroatoms. The van der Waals surface area contributed by atoms with Crippen LogP contribution in [0, 0.1) is 0 Å². The van der Waals surface area contributed by atoms with Crippen molar-refractivity contribution in [2.24, 2.45) is 0 Å². The fourth-order valence-electron chi connectivity index (χ4n) is 2.48. The van der Waals surface area contributed by atoms with Crippen molar-refractivity contribution in [2.45, 2.75) is 33.4 Å². The van der Waals surface area contributed by atoms with Gasteiger partial charge >= 0.3 is 0 Å². The van der Waals surface area contributed by atoms with Crippen LogP contribution in [0.2, 0.25) is 5.02 Å². The summed E-state index contributed by atoms with van der Waals surface area (Å²) >= 11 is 7.41. The van der Waals surface area contributed by atoms with Crippen LogP contribution in [0.1, 0.15) is 30.1 Å². The van der Waals surface area contributed by atoms with Crippen LogP contribution in [0.15, 0.2) is 35.1 Å². The molecule has 5 nitrogen and oxygen atoms in total. The maximum Gasteiger partial charge on any atom is 0.275 e. The van der Waals surface area contributed by atoms with Gasteiger partial charge in [0.25, 0.3) is 5.56 Å². The average Bonchev–Trinajstić information content (AvgIpc) is 3.00. The summed E-state index contributed by atoms with van der Waals surface area (Å²) in [6, 6.07) is 9.41. The zero-order valence-electron chi connectivity index (χ0n) is 13.7. The molecule has 3 aromatic rings. The monoisotopic (exact) mass is 362 g/mol. The minimum absolute atomic E-state index is 0.117. The first kappa shape index (κ1) is 17.1. The van der Waals surface area contributed by atoms with Crippen molar-refractivity contribution in [1.29, 1.82) is 0 Å². The minimum atomic E-state index is -0.117. The highest BCUT2D eigenvalue weighted by Crippen LogP contribution is 2.15. The Morgan fingerprint density at radius 3 is 2.62 bits per heavy atom. The van der Waals surface area contributed by atoms with Crippen LogP contribution in [0.25, 0.3) is 4.96 Å². The van der Waals surface area contributed by atoms with Gasteiger partial charge in [0.15, 0.2) is 0 Å². The summed E-state index contributed by atoms with van der Waals surface area (Å²) in [6.45, 7) is 6.41. The van der Waals surface area contributed by atoms with E-state index in [9.17, 15) is 4.79 Å². The number of rotatable bonds is 6. The lowest BCUT2D eigenvalue weighted by Gasteiger charge is -2.20. The Morgan fingerprint density at radius 1 is 1.21 bits per heavy atom. The Labute approximate surface area is 149 Å². The van der Waals surface area contributed by atoms with Gasteiger partial charge in [0.05, 0.1) is 5.69 Å². The fraction of sp³-hybridized carbons (Fsp3) is 0.353. The number of aryl methyl sites for hydroxylation is 1. The fourth-order valence-corrected chi connectivity index (χ4v) is 3.46. The lowest BCUT2D eigenvalue weighted by Crippen LogP contribution is -2.25. The summed E-state index contributed by atoms with van der Waals surface area (Å²) < 4.78 is 1.39. The number of hydrogen-bond acceptors (Lipinski definition) is 5. The van der Waals surface area contributed by atoms with Gasteiger partial charge in [-0.2, -0.15) is 9.61 Å². The molecule has 126 valence electrons. The maximum absolute atomic E-state index is 12.2. The van der Waals surface area contributed by atoms with Crippen LogP contribution in [-0.2, 0) is 19.5 Å². The molecule has 0 spiro atoms. The molecule has 0 aliphatic carbocycles. The van der Waals surface area contributed by atoms with Gasteiger partial charge < -0.3 is 0 Å². The molecule has 0 radical (unpaired) electrons. The van der Waals surface area contributed by atoms with E-state index in [2.05, 4.69) is 21.9 Å². The van der Waals surface area contributed by atoms with E-state index in [1.165, 1.54) is 21.4 Å². The van der Waals surface area contributed by atoms with Gasteiger partial charge in [0.1, 0.15) is 5.01 Å². The number of fused-ring (bicyclic) bond motifs is 1. The number of nitrogens with zero attached hydrogens (tertiary/aromatic N) is 4. The second-order valence-corrected chi connectivity index (χ2v) is 7.04. The van der Waals surface area contributed by atoms with E-state index in [-0.39, 0.29) is 5.56 Å². The molecule has 3 rings (SSSR count). The van der Waals surface area contributed by atoms with Crippen molar-refractivity contribution in [2.75, 3.05) is 6.54 Å². The van der Waals surface area contributed by atoms with Crippen molar-refractivity contribution < 1.29 is 0 Å². The van der Waals surface area contributed by atoms with Crippen LogP contribution in [-0.4, -0.2) is 26.0 Å². The van der Waals surface area contributed by atoms with Gasteiger partial charge in [-0.15, -0.1) is 0 Å². The van der Waals surface area contributed by atoms with Crippen LogP contribution in [0.5, 0.6) is 0 Å². The lowest BCUT2D eigenvalue weighted by atomic mass is 10.2. The maximum atomic E-state index is 12.2. The first-order chi connectivity index (χ1) is 11.6. The van der Waals surface area contributed by atoms with Gasteiger partial charge in [-0.1, -0.05) is 48.9 Å². The van der Waals surface area contributed by atoms with E-state index in [1.54, 1.807) is 6.07 Å². The molecule has 0 atom stereocenters. The summed E-state index contributed by atoms with van der Waals surface area (Å²) in [5.41, 5.74) is 1.85. The predicted molar refractivity (Wildman–Crippen MR) is 97.8 cm³/mol. The van der Waals surface area contributed by atoms with Gasteiger partial charge in [-0.05, 0) is 30.7 Å². The molecule has 0 fully saturated rings. The summed E-state index contributed by atoms with van der Waals surface area (Å²) in [5, 5.41) is 5.94.